The fourth-order valence-electron chi connectivity index (χ4n) is 2.95. The molecule has 0 radical (unpaired) electrons. The highest BCUT2D eigenvalue weighted by molar-refractivity contribution is 6.07. The number of hydrogen-bond donors (Lipinski definition) is 0. The summed E-state index contributed by atoms with van der Waals surface area (Å²) in [6, 6.07) is 14.9. The van der Waals surface area contributed by atoms with Crippen molar-refractivity contribution in [1.82, 2.24) is 0 Å². The molecule has 0 amide bonds. The lowest BCUT2D eigenvalue weighted by Gasteiger charge is -2.09. The zero-order chi connectivity index (χ0) is 20.1. The summed E-state index contributed by atoms with van der Waals surface area (Å²) in [5.41, 5.74) is 1.44. The highest BCUT2D eigenvalue weighted by Gasteiger charge is 2.09. The Morgan fingerprint density at radius 2 is 1.29 bits per heavy atom. The molecule has 0 saturated carbocycles. The number of rotatable bonds is 7. The summed E-state index contributed by atoms with van der Waals surface area (Å²) in [5.74, 6) is 2.34. The van der Waals surface area contributed by atoms with Crippen molar-refractivity contribution in [3.8, 4) is 23.0 Å². The van der Waals surface area contributed by atoms with E-state index >= 15 is 0 Å². The van der Waals surface area contributed by atoms with Crippen molar-refractivity contribution in [2.75, 3.05) is 28.4 Å². The van der Waals surface area contributed by atoms with Gasteiger partial charge in [-0.2, -0.15) is 0 Å². The van der Waals surface area contributed by atoms with Gasteiger partial charge in [0.2, 0.25) is 0 Å². The van der Waals surface area contributed by atoms with Gasteiger partial charge in [-0.25, -0.2) is 0 Å². The highest BCUT2D eigenvalue weighted by atomic mass is 16.5. The summed E-state index contributed by atoms with van der Waals surface area (Å²) >= 11 is 0. The van der Waals surface area contributed by atoms with Crippen LogP contribution in [-0.4, -0.2) is 34.2 Å². The Balaban J connectivity index is 1.87. The van der Waals surface area contributed by atoms with Crippen LogP contribution in [0.1, 0.15) is 15.9 Å². The quantitative estimate of drug-likeness (QED) is 0.438. The summed E-state index contributed by atoms with van der Waals surface area (Å²) < 4.78 is 21.2. The average Bonchev–Trinajstić information content (AvgIpc) is 2.75. The first kappa shape index (κ1) is 19.3. The van der Waals surface area contributed by atoms with Gasteiger partial charge in [-0.05, 0) is 58.8 Å². The number of methoxy groups -OCH3 is 4. The van der Waals surface area contributed by atoms with E-state index in [0.717, 1.165) is 16.3 Å². The lowest BCUT2D eigenvalue weighted by atomic mass is 10.0. The first-order valence-electron chi connectivity index (χ1n) is 8.70. The van der Waals surface area contributed by atoms with Gasteiger partial charge in [-0.15, -0.1) is 0 Å². The second kappa shape index (κ2) is 8.48. The van der Waals surface area contributed by atoms with Crippen molar-refractivity contribution in [3.05, 3.63) is 65.7 Å². The minimum Gasteiger partial charge on any atom is -0.493 e. The summed E-state index contributed by atoms with van der Waals surface area (Å²) in [6.07, 6.45) is 3.33. The fourth-order valence-corrected chi connectivity index (χ4v) is 2.95. The summed E-state index contributed by atoms with van der Waals surface area (Å²) in [6.45, 7) is 0. The van der Waals surface area contributed by atoms with Crippen LogP contribution in [-0.2, 0) is 0 Å². The van der Waals surface area contributed by atoms with Crippen molar-refractivity contribution < 1.29 is 23.7 Å². The fraction of sp³-hybridized carbons (Fsp3) is 0.174. The Hall–Kier alpha value is -3.47. The molecule has 0 spiro atoms. The van der Waals surface area contributed by atoms with E-state index in [1.54, 1.807) is 58.8 Å². The number of ether oxygens (including phenoxy) is 4. The first-order chi connectivity index (χ1) is 13.6. The Kier molecular flexibility index (Phi) is 5.84. The lowest BCUT2D eigenvalue weighted by molar-refractivity contribution is 0.104. The second-order valence-corrected chi connectivity index (χ2v) is 6.08. The van der Waals surface area contributed by atoms with E-state index in [1.807, 2.05) is 30.3 Å². The SMILES string of the molecule is COc1ccc(C(=O)C=Cc2ccc3cc(OC)c(OC)cc3c2)cc1OC. The van der Waals surface area contributed by atoms with E-state index < -0.39 is 0 Å². The van der Waals surface area contributed by atoms with E-state index in [1.165, 1.54) is 0 Å². The van der Waals surface area contributed by atoms with Crippen molar-refractivity contribution in [2.24, 2.45) is 0 Å². The Labute approximate surface area is 164 Å². The van der Waals surface area contributed by atoms with Crippen LogP contribution in [0, 0.1) is 0 Å². The molecule has 5 nitrogen and oxygen atoms in total. The molecule has 144 valence electrons. The second-order valence-electron chi connectivity index (χ2n) is 6.08. The van der Waals surface area contributed by atoms with Gasteiger partial charge >= 0.3 is 0 Å². The molecule has 0 aliphatic carbocycles. The molecule has 3 rings (SSSR count). The molecule has 0 saturated heterocycles. The first-order valence-corrected chi connectivity index (χ1v) is 8.70. The molecule has 3 aromatic carbocycles. The molecule has 0 fully saturated rings. The van der Waals surface area contributed by atoms with Crippen molar-refractivity contribution >= 4 is 22.6 Å². The minimum absolute atomic E-state index is 0.117. The van der Waals surface area contributed by atoms with E-state index in [2.05, 4.69) is 0 Å². The van der Waals surface area contributed by atoms with E-state index in [0.29, 0.717) is 28.6 Å². The molecular formula is C23H22O5. The number of ketones is 1. The topological polar surface area (TPSA) is 54.0 Å². The monoisotopic (exact) mass is 378 g/mol. The molecule has 0 aromatic heterocycles. The maximum absolute atomic E-state index is 12.5. The maximum Gasteiger partial charge on any atom is 0.185 e. The van der Waals surface area contributed by atoms with Gasteiger partial charge in [0.15, 0.2) is 28.8 Å². The molecule has 0 unspecified atom stereocenters. The number of carbonyl (C=O) groups excluding carboxylic acids is 1. The number of fused-ring (bicyclic) bond motifs is 1. The number of allylic oxidation sites excluding steroid dienone is 1. The molecule has 0 aliphatic heterocycles. The minimum atomic E-state index is -0.117. The van der Waals surface area contributed by atoms with Crippen LogP contribution in [0.25, 0.3) is 16.8 Å². The number of carbonyl (C=O) groups is 1. The molecule has 0 atom stereocenters. The van der Waals surface area contributed by atoms with Crippen molar-refractivity contribution in [1.29, 1.82) is 0 Å². The predicted octanol–water partition coefficient (Wildman–Crippen LogP) is 4.77. The highest BCUT2D eigenvalue weighted by Crippen LogP contribution is 2.33. The van der Waals surface area contributed by atoms with Gasteiger partial charge < -0.3 is 18.9 Å². The smallest absolute Gasteiger partial charge is 0.185 e. The Morgan fingerprint density at radius 3 is 1.93 bits per heavy atom. The van der Waals surface area contributed by atoms with Crippen LogP contribution in [0.2, 0.25) is 0 Å². The maximum atomic E-state index is 12.5. The molecule has 5 heteroatoms. The third kappa shape index (κ3) is 3.93. The Bertz CT molecular complexity index is 1040. The van der Waals surface area contributed by atoms with Crippen LogP contribution in [0.4, 0.5) is 0 Å². The zero-order valence-corrected chi connectivity index (χ0v) is 16.3. The third-order valence-corrected chi connectivity index (χ3v) is 4.46. The molecule has 28 heavy (non-hydrogen) atoms. The lowest BCUT2D eigenvalue weighted by Crippen LogP contribution is -1.97. The summed E-state index contributed by atoms with van der Waals surface area (Å²) in [4.78, 5) is 12.5. The molecular weight excluding hydrogens is 356 g/mol. The van der Waals surface area contributed by atoms with Crippen LogP contribution < -0.4 is 18.9 Å². The predicted molar refractivity (Wildman–Crippen MR) is 110 cm³/mol. The van der Waals surface area contributed by atoms with Gasteiger partial charge in [-0.1, -0.05) is 18.2 Å². The van der Waals surface area contributed by atoms with Crippen molar-refractivity contribution in [2.45, 2.75) is 0 Å². The van der Waals surface area contributed by atoms with Crippen LogP contribution in [0.15, 0.2) is 54.6 Å². The summed E-state index contributed by atoms with van der Waals surface area (Å²) in [5, 5.41) is 2.03. The van der Waals surface area contributed by atoms with Gasteiger partial charge in [0.25, 0.3) is 0 Å². The van der Waals surface area contributed by atoms with Gasteiger partial charge in [0, 0.05) is 5.56 Å². The van der Waals surface area contributed by atoms with Crippen molar-refractivity contribution in [3.63, 3.8) is 0 Å². The van der Waals surface area contributed by atoms with E-state index in [-0.39, 0.29) is 5.78 Å². The standard InChI is InChI=1S/C23H22O5/c1-25-20-10-8-17(13-21(20)26-2)19(24)9-6-15-5-7-16-12-22(27-3)23(28-4)14-18(16)11-15/h5-14H,1-4H3. The Morgan fingerprint density at radius 1 is 0.679 bits per heavy atom. The van der Waals surface area contributed by atoms with Crippen LogP contribution >= 0.6 is 0 Å². The van der Waals surface area contributed by atoms with Crippen LogP contribution in [0.5, 0.6) is 23.0 Å². The van der Waals surface area contributed by atoms with Gasteiger partial charge in [0.05, 0.1) is 28.4 Å². The molecule has 0 aliphatic rings. The van der Waals surface area contributed by atoms with E-state index in [9.17, 15) is 4.79 Å². The molecule has 0 N–H and O–H groups in total. The average molecular weight is 378 g/mol. The third-order valence-electron chi connectivity index (χ3n) is 4.46. The largest absolute Gasteiger partial charge is 0.493 e. The molecule has 3 aromatic rings. The molecule has 0 heterocycles. The summed E-state index contributed by atoms with van der Waals surface area (Å²) in [7, 11) is 6.32. The van der Waals surface area contributed by atoms with Crippen LogP contribution in [0.3, 0.4) is 0 Å². The van der Waals surface area contributed by atoms with Gasteiger partial charge in [0.1, 0.15) is 0 Å². The molecule has 0 bridgehead atoms. The zero-order valence-electron chi connectivity index (χ0n) is 16.3. The van der Waals surface area contributed by atoms with Gasteiger partial charge in [-0.3, -0.25) is 4.79 Å². The number of benzene rings is 3. The van der Waals surface area contributed by atoms with E-state index in [4.69, 9.17) is 18.9 Å². The normalized spacial score (nSPS) is 10.9. The number of hydrogen-bond acceptors (Lipinski definition) is 5.